The quantitative estimate of drug-likeness (QED) is 0.304. The van der Waals surface area contributed by atoms with Crippen LogP contribution in [0.4, 0.5) is 11.6 Å². The summed E-state index contributed by atoms with van der Waals surface area (Å²) < 4.78 is 13.3. The number of rotatable bonds is 6. The average Bonchev–Trinajstić information content (AvgIpc) is 3.48. The second kappa shape index (κ2) is 8.78. The zero-order valence-corrected chi connectivity index (χ0v) is 19.1. The highest BCUT2D eigenvalue weighted by molar-refractivity contribution is 5.94. The molecule has 34 heavy (non-hydrogen) atoms. The molecule has 7 nitrogen and oxygen atoms in total. The summed E-state index contributed by atoms with van der Waals surface area (Å²) in [7, 11) is 3.57. The number of amides is 1. The minimum Gasteiger partial charge on any atom is -0.472 e. The molecule has 2 heterocycles. The van der Waals surface area contributed by atoms with Gasteiger partial charge in [0.15, 0.2) is 0 Å². The number of imidazole rings is 1. The van der Waals surface area contributed by atoms with E-state index in [1.54, 1.807) is 37.8 Å². The number of aromatic nitrogens is 2. The van der Waals surface area contributed by atoms with Gasteiger partial charge in [0.1, 0.15) is 11.5 Å². The highest BCUT2D eigenvalue weighted by Crippen LogP contribution is 2.31. The van der Waals surface area contributed by atoms with Crippen molar-refractivity contribution in [2.45, 2.75) is 6.92 Å². The number of nitrogens with zero attached hydrogens (tertiary/aromatic N) is 2. The summed E-state index contributed by atoms with van der Waals surface area (Å²) in [6, 6.07) is 21.0. The molecule has 0 saturated carbocycles. The van der Waals surface area contributed by atoms with E-state index in [0.29, 0.717) is 17.1 Å². The van der Waals surface area contributed by atoms with Crippen LogP contribution in [0, 0.1) is 6.92 Å². The van der Waals surface area contributed by atoms with Crippen molar-refractivity contribution in [3.8, 4) is 22.6 Å². The number of aryl methyl sites for hydroxylation is 2. The predicted octanol–water partition coefficient (Wildman–Crippen LogP) is 6.53. The largest absolute Gasteiger partial charge is 0.472 e. The first kappa shape index (κ1) is 21.3. The van der Waals surface area contributed by atoms with E-state index < -0.39 is 0 Å². The average molecular weight is 457 g/mol. The first-order valence-electron chi connectivity index (χ1n) is 10.9. The molecule has 0 aliphatic carbocycles. The number of hydrogen-bond acceptors (Lipinski definition) is 5. The zero-order valence-electron chi connectivity index (χ0n) is 19.1. The second-order valence-electron chi connectivity index (χ2n) is 8.02. The molecule has 7 heteroatoms. The fraction of sp³-hybridized carbons (Fsp3) is 0.111. The van der Waals surface area contributed by atoms with Crippen molar-refractivity contribution in [2.24, 2.45) is 7.05 Å². The summed E-state index contributed by atoms with van der Waals surface area (Å²) in [5.41, 5.74) is 6.55. The van der Waals surface area contributed by atoms with Gasteiger partial charge in [-0.2, -0.15) is 0 Å². The number of carbonyl (C=O) groups is 1. The SMILES string of the molecule is CNC(=O)c1cccc(Oc2ccc3c(c2)nc(Nc2ccc(C)c(-c4ccoc4)c2)n3C)c1.[HH].[HH]. The number of benzene rings is 3. The number of hydrogen-bond donors (Lipinski definition) is 2. The summed E-state index contributed by atoms with van der Waals surface area (Å²) in [5, 5.41) is 6.04. The minimum absolute atomic E-state index is 0. The Labute approximate surface area is 200 Å². The Bertz CT molecular complexity index is 1500. The first-order chi connectivity index (χ1) is 16.5. The number of anilines is 2. The van der Waals surface area contributed by atoms with Crippen LogP contribution in [-0.4, -0.2) is 22.5 Å². The normalized spacial score (nSPS) is 10.9. The highest BCUT2D eigenvalue weighted by Gasteiger charge is 2.12. The smallest absolute Gasteiger partial charge is 0.251 e. The molecule has 3 aromatic carbocycles. The fourth-order valence-electron chi connectivity index (χ4n) is 3.89. The van der Waals surface area contributed by atoms with Gasteiger partial charge in [0.2, 0.25) is 5.95 Å². The number of ether oxygens (including phenoxy) is 1. The molecular weight excluding hydrogens is 428 g/mol. The number of fused-ring (bicyclic) bond motifs is 1. The maximum Gasteiger partial charge on any atom is 0.251 e. The molecule has 0 fully saturated rings. The van der Waals surface area contributed by atoms with Crippen LogP contribution >= 0.6 is 0 Å². The van der Waals surface area contributed by atoms with Crippen LogP contribution < -0.4 is 15.4 Å². The lowest BCUT2D eigenvalue weighted by Crippen LogP contribution is -2.17. The van der Waals surface area contributed by atoms with Crippen molar-refractivity contribution in [2.75, 3.05) is 12.4 Å². The summed E-state index contributed by atoms with van der Waals surface area (Å²) in [6.45, 7) is 2.08. The van der Waals surface area contributed by atoms with Crippen LogP contribution in [-0.2, 0) is 7.05 Å². The Morgan fingerprint density at radius 2 is 1.91 bits per heavy atom. The van der Waals surface area contributed by atoms with Gasteiger partial charge in [-0.1, -0.05) is 12.1 Å². The van der Waals surface area contributed by atoms with E-state index in [4.69, 9.17) is 14.1 Å². The fourth-order valence-corrected chi connectivity index (χ4v) is 3.89. The zero-order chi connectivity index (χ0) is 23.7. The topological polar surface area (TPSA) is 81.3 Å². The van der Waals surface area contributed by atoms with Crippen LogP contribution in [0.25, 0.3) is 22.2 Å². The summed E-state index contributed by atoms with van der Waals surface area (Å²) >= 11 is 0. The van der Waals surface area contributed by atoms with E-state index in [-0.39, 0.29) is 8.76 Å². The molecule has 174 valence electrons. The van der Waals surface area contributed by atoms with Crippen LogP contribution in [0.1, 0.15) is 18.8 Å². The lowest BCUT2D eigenvalue weighted by molar-refractivity contribution is 0.0963. The number of carbonyl (C=O) groups excluding carboxylic acids is 1. The van der Waals surface area contributed by atoms with E-state index >= 15 is 0 Å². The Morgan fingerprint density at radius 3 is 2.71 bits per heavy atom. The van der Waals surface area contributed by atoms with Gasteiger partial charge in [-0.25, -0.2) is 4.98 Å². The Morgan fingerprint density at radius 1 is 1.06 bits per heavy atom. The molecule has 5 rings (SSSR count). The van der Waals surface area contributed by atoms with Gasteiger partial charge in [-0.3, -0.25) is 4.79 Å². The van der Waals surface area contributed by atoms with Crippen LogP contribution in [0.3, 0.4) is 0 Å². The Kier molecular flexibility index (Phi) is 5.51. The van der Waals surface area contributed by atoms with E-state index in [2.05, 4.69) is 29.7 Å². The second-order valence-corrected chi connectivity index (χ2v) is 8.02. The van der Waals surface area contributed by atoms with Crippen molar-refractivity contribution < 1.29 is 16.8 Å². The van der Waals surface area contributed by atoms with Gasteiger partial charge in [-0.15, -0.1) is 0 Å². The molecule has 2 aromatic heterocycles. The molecule has 0 aliphatic rings. The summed E-state index contributed by atoms with van der Waals surface area (Å²) in [6.07, 6.45) is 3.42. The lowest BCUT2D eigenvalue weighted by atomic mass is 10.0. The maximum atomic E-state index is 11.9. The minimum atomic E-state index is -0.159. The molecule has 0 spiro atoms. The van der Waals surface area contributed by atoms with Crippen LogP contribution in [0.2, 0.25) is 0 Å². The lowest BCUT2D eigenvalue weighted by Gasteiger charge is -2.10. The van der Waals surface area contributed by atoms with Crippen molar-refractivity contribution in [1.29, 1.82) is 0 Å². The first-order valence-corrected chi connectivity index (χ1v) is 10.9. The molecule has 0 bridgehead atoms. The van der Waals surface area contributed by atoms with Gasteiger partial charge in [0.05, 0.1) is 23.6 Å². The van der Waals surface area contributed by atoms with E-state index in [1.807, 2.05) is 48.0 Å². The summed E-state index contributed by atoms with van der Waals surface area (Å²) in [5.74, 6) is 1.79. The molecular formula is C27H28N4O3. The monoisotopic (exact) mass is 456 g/mol. The molecule has 5 aromatic rings. The third-order valence-electron chi connectivity index (χ3n) is 5.74. The Hall–Kier alpha value is -4.52. The van der Waals surface area contributed by atoms with Crippen LogP contribution in [0.15, 0.2) is 83.7 Å². The van der Waals surface area contributed by atoms with Crippen molar-refractivity contribution in [1.82, 2.24) is 14.9 Å². The third-order valence-corrected chi connectivity index (χ3v) is 5.74. The maximum absolute atomic E-state index is 11.9. The van der Waals surface area contributed by atoms with E-state index in [0.717, 1.165) is 33.8 Å². The number of furan rings is 1. The van der Waals surface area contributed by atoms with Crippen molar-refractivity contribution in [3.63, 3.8) is 0 Å². The van der Waals surface area contributed by atoms with Crippen LogP contribution in [0.5, 0.6) is 11.5 Å². The van der Waals surface area contributed by atoms with Gasteiger partial charge < -0.3 is 24.4 Å². The molecule has 0 radical (unpaired) electrons. The van der Waals surface area contributed by atoms with Crippen molar-refractivity contribution >= 4 is 28.6 Å². The van der Waals surface area contributed by atoms with Gasteiger partial charge >= 0.3 is 0 Å². The van der Waals surface area contributed by atoms with E-state index in [9.17, 15) is 4.79 Å². The van der Waals surface area contributed by atoms with E-state index in [1.165, 1.54) is 5.56 Å². The predicted molar refractivity (Wildman–Crippen MR) is 137 cm³/mol. The third kappa shape index (κ3) is 4.11. The Balaban J connectivity index is 0.00000180. The van der Waals surface area contributed by atoms with Crippen molar-refractivity contribution in [3.05, 3.63) is 90.4 Å². The molecule has 0 unspecified atom stereocenters. The summed E-state index contributed by atoms with van der Waals surface area (Å²) in [4.78, 5) is 16.7. The van der Waals surface area contributed by atoms with Gasteiger partial charge in [0, 0.05) is 39.8 Å². The molecule has 0 saturated heterocycles. The molecule has 0 atom stereocenters. The highest BCUT2D eigenvalue weighted by atomic mass is 16.5. The van der Waals surface area contributed by atoms with Gasteiger partial charge in [0.25, 0.3) is 5.91 Å². The molecule has 0 aliphatic heterocycles. The standard InChI is InChI=1S/C27H24N4O3.2H2/c1-17-7-8-20(14-23(17)19-11-12-33-16-19)29-27-30-24-15-22(9-10-25(24)31(27)3)34-21-6-4-5-18(13-21)26(32)28-2;;/h4-16H,1-3H3,(H,28,32)(H,29,30);2*1H. The number of nitrogens with one attached hydrogen (secondary N) is 2. The molecule has 2 N–H and O–H groups in total. The van der Waals surface area contributed by atoms with Gasteiger partial charge in [-0.05, 0) is 66.6 Å². The molecule has 1 amide bonds.